The topological polar surface area (TPSA) is 113 Å². The molecular formula is C17H17N3O5. The number of esters is 1. The molecule has 1 aliphatic rings. The summed E-state index contributed by atoms with van der Waals surface area (Å²) in [5.74, 6) is -0.328. The van der Waals surface area contributed by atoms with Crippen LogP contribution in [-0.4, -0.2) is 30.2 Å². The van der Waals surface area contributed by atoms with Crippen LogP contribution in [0.5, 0.6) is 5.75 Å². The van der Waals surface area contributed by atoms with E-state index in [1.165, 1.54) is 7.11 Å². The SMILES string of the molecule is COC(=O)C1=C(C)Nc2[nH]c(=O)[nH]c(=O)c2[C@H]1c1ccc(OC)cc1. The molecule has 1 aromatic carbocycles. The van der Waals surface area contributed by atoms with Crippen molar-refractivity contribution >= 4 is 11.8 Å². The number of nitrogens with one attached hydrogen (secondary N) is 3. The molecule has 130 valence electrons. The number of H-pyrrole nitrogens is 2. The molecule has 3 rings (SSSR count). The minimum absolute atomic E-state index is 0.246. The third kappa shape index (κ3) is 2.82. The van der Waals surface area contributed by atoms with Crippen molar-refractivity contribution in [2.24, 2.45) is 0 Å². The lowest BCUT2D eigenvalue weighted by molar-refractivity contribution is -0.136. The van der Waals surface area contributed by atoms with Crippen LogP contribution >= 0.6 is 0 Å². The molecule has 0 saturated heterocycles. The lowest BCUT2D eigenvalue weighted by atomic mass is 9.82. The second-order valence-corrected chi connectivity index (χ2v) is 5.56. The lowest BCUT2D eigenvalue weighted by Crippen LogP contribution is -2.34. The molecule has 1 aliphatic heterocycles. The number of anilines is 1. The molecule has 0 saturated carbocycles. The van der Waals surface area contributed by atoms with Gasteiger partial charge in [0.05, 0.1) is 31.3 Å². The number of aromatic nitrogens is 2. The van der Waals surface area contributed by atoms with Crippen molar-refractivity contribution in [1.29, 1.82) is 0 Å². The van der Waals surface area contributed by atoms with Crippen molar-refractivity contribution < 1.29 is 14.3 Å². The summed E-state index contributed by atoms with van der Waals surface area (Å²) in [5.41, 5.74) is 0.552. The maximum Gasteiger partial charge on any atom is 0.336 e. The van der Waals surface area contributed by atoms with Gasteiger partial charge in [0.25, 0.3) is 5.56 Å². The number of allylic oxidation sites excluding steroid dienone is 1. The Hall–Kier alpha value is -3.29. The molecule has 2 aromatic rings. The van der Waals surface area contributed by atoms with Crippen LogP contribution in [0.15, 0.2) is 45.1 Å². The molecular weight excluding hydrogens is 326 g/mol. The van der Waals surface area contributed by atoms with E-state index in [0.29, 0.717) is 22.6 Å². The van der Waals surface area contributed by atoms with Gasteiger partial charge in [-0.25, -0.2) is 9.59 Å². The Morgan fingerprint density at radius 2 is 1.76 bits per heavy atom. The highest BCUT2D eigenvalue weighted by molar-refractivity contribution is 5.94. The van der Waals surface area contributed by atoms with Gasteiger partial charge in [0, 0.05) is 5.70 Å². The Labute approximate surface area is 142 Å². The van der Waals surface area contributed by atoms with Gasteiger partial charge in [-0.2, -0.15) is 0 Å². The first-order valence-corrected chi connectivity index (χ1v) is 7.52. The van der Waals surface area contributed by atoms with Crippen molar-refractivity contribution in [3.8, 4) is 5.75 Å². The third-order valence-electron chi connectivity index (χ3n) is 4.13. The number of methoxy groups -OCH3 is 2. The smallest absolute Gasteiger partial charge is 0.336 e. The molecule has 0 unspecified atom stereocenters. The fraction of sp³-hybridized carbons (Fsp3) is 0.235. The van der Waals surface area contributed by atoms with Crippen LogP contribution in [-0.2, 0) is 9.53 Å². The highest BCUT2D eigenvalue weighted by Gasteiger charge is 2.35. The zero-order valence-electron chi connectivity index (χ0n) is 13.9. The molecule has 1 aromatic heterocycles. The Morgan fingerprint density at radius 1 is 1.08 bits per heavy atom. The van der Waals surface area contributed by atoms with Crippen molar-refractivity contribution in [3.05, 3.63) is 67.5 Å². The van der Waals surface area contributed by atoms with Gasteiger partial charge in [-0.05, 0) is 24.6 Å². The standard InChI is InChI=1S/C17H17N3O5/c1-8-11(16(22)25-3)12(9-4-6-10(24-2)7-5-9)13-14(18-8)19-17(23)20-15(13)21/h4-7,12H,1-3H3,(H3,18,19,20,21,23)/t12-/m0/s1. The van der Waals surface area contributed by atoms with E-state index in [2.05, 4.69) is 15.3 Å². The van der Waals surface area contributed by atoms with E-state index >= 15 is 0 Å². The first kappa shape index (κ1) is 16.6. The van der Waals surface area contributed by atoms with Crippen LogP contribution in [0.25, 0.3) is 0 Å². The number of hydrogen-bond acceptors (Lipinski definition) is 6. The largest absolute Gasteiger partial charge is 0.497 e. The first-order chi connectivity index (χ1) is 12.0. The van der Waals surface area contributed by atoms with Crippen LogP contribution < -0.4 is 21.3 Å². The summed E-state index contributed by atoms with van der Waals surface area (Å²) in [5, 5.41) is 2.91. The Bertz CT molecular complexity index is 969. The quantitative estimate of drug-likeness (QED) is 0.719. The van der Waals surface area contributed by atoms with Gasteiger partial charge in [-0.15, -0.1) is 0 Å². The second kappa shape index (κ2) is 6.31. The summed E-state index contributed by atoms with van der Waals surface area (Å²) >= 11 is 0. The van der Waals surface area contributed by atoms with E-state index in [1.54, 1.807) is 38.3 Å². The van der Waals surface area contributed by atoms with Crippen molar-refractivity contribution in [3.63, 3.8) is 0 Å². The predicted molar refractivity (Wildman–Crippen MR) is 90.9 cm³/mol. The minimum Gasteiger partial charge on any atom is -0.497 e. The number of carbonyl (C=O) groups excluding carboxylic acids is 1. The minimum atomic E-state index is -0.685. The van der Waals surface area contributed by atoms with Gasteiger partial charge in [-0.1, -0.05) is 12.1 Å². The number of fused-ring (bicyclic) bond motifs is 1. The Kier molecular flexibility index (Phi) is 4.18. The van der Waals surface area contributed by atoms with Crippen LogP contribution in [0, 0.1) is 0 Å². The summed E-state index contributed by atoms with van der Waals surface area (Å²) in [4.78, 5) is 41.1. The Morgan fingerprint density at radius 3 is 2.36 bits per heavy atom. The highest BCUT2D eigenvalue weighted by atomic mass is 16.5. The van der Waals surface area contributed by atoms with E-state index in [9.17, 15) is 14.4 Å². The average Bonchev–Trinajstić information content (AvgIpc) is 2.59. The van der Waals surface area contributed by atoms with Gasteiger partial charge in [-0.3, -0.25) is 14.8 Å². The van der Waals surface area contributed by atoms with Crippen molar-refractivity contribution in [2.75, 3.05) is 19.5 Å². The maximum absolute atomic E-state index is 12.4. The van der Waals surface area contributed by atoms with Crippen molar-refractivity contribution in [1.82, 2.24) is 9.97 Å². The molecule has 0 amide bonds. The molecule has 2 heterocycles. The van der Waals surface area contributed by atoms with E-state index < -0.39 is 23.1 Å². The average molecular weight is 343 g/mol. The van der Waals surface area contributed by atoms with Crippen LogP contribution in [0.2, 0.25) is 0 Å². The molecule has 0 fully saturated rings. The molecule has 25 heavy (non-hydrogen) atoms. The monoisotopic (exact) mass is 343 g/mol. The highest BCUT2D eigenvalue weighted by Crippen LogP contribution is 2.39. The van der Waals surface area contributed by atoms with E-state index in [-0.39, 0.29) is 11.4 Å². The molecule has 0 radical (unpaired) electrons. The van der Waals surface area contributed by atoms with Gasteiger partial charge in [0.1, 0.15) is 11.6 Å². The summed E-state index contributed by atoms with van der Waals surface area (Å²) in [6, 6.07) is 7.00. The predicted octanol–water partition coefficient (Wildman–Crippen LogP) is 1.08. The summed E-state index contributed by atoms with van der Waals surface area (Å²) in [7, 11) is 2.83. The number of aromatic amines is 2. The normalized spacial score (nSPS) is 16.0. The molecule has 0 bridgehead atoms. The van der Waals surface area contributed by atoms with Gasteiger partial charge < -0.3 is 14.8 Å². The number of carbonyl (C=O) groups is 1. The van der Waals surface area contributed by atoms with Crippen molar-refractivity contribution in [2.45, 2.75) is 12.8 Å². The first-order valence-electron chi connectivity index (χ1n) is 7.52. The molecule has 0 aliphatic carbocycles. The van der Waals surface area contributed by atoms with Crippen LogP contribution in [0.1, 0.15) is 24.0 Å². The number of benzene rings is 1. The fourth-order valence-corrected chi connectivity index (χ4v) is 3.00. The summed E-state index contributed by atoms with van der Waals surface area (Å²) in [6.07, 6.45) is 0. The second-order valence-electron chi connectivity index (χ2n) is 5.56. The number of ether oxygens (including phenoxy) is 2. The maximum atomic E-state index is 12.4. The Balaban J connectivity index is 2.28. The van der Waals surface area contributed by atoms with E-state index in [0.717, 1.165) is 0 Å². The van der Waals surface area contributed by atoms with Crippen LogP contribution in [0.4, 0.5) is 5.82 Å². The lowest BCUT2D eigenvalue weighted by Gasteiger charge is -2.28. The zero-order chi connectivity index (χ0) is 18.1. The van der Waals surface area contributed by atoms with Gasteiger partial charge in [0.2, 0.25) is 0 Å². The molecule has 1 atom stereocenters. The fourth-order valence-electron chi connectivity index (χ4n) is 3.00. The molecule has 0 spiro atoms. The van der Waals surface area contributed by atoms with Gasteiger partial charge in [0.15, 0.2) is 0 Å². The van der Waals surface area contributed by atoms with E-state index in [1.807, 2.05) is 0 Å². The summed E-state index contributed by atoms with van der Waals surface area (Å²) in [6.45, 7) is 1.69. The number of hydrogen-bond donors (Lipinski definition) is 3. The number of rotatable bonds is 3. The summed E-state index contributed by atoms with van der Waals surface area (Å²) < 4.78 is 10.0. The zero-order valence-corrected chi connectivity index (χ0v) is 13.9. The third-order valence-corrected chi connectivity index (χ3v) is 4.13. The molecule has 8 nitrogen and oxygen atoms in total. The molecule has 3 N–H and O–H groups in total. The van der Waals surface area contributed by atoms with E-state index in [4.69, 9.17) is 9.47 Å². The molecule has 8 heteroatoms. The van der Waals surface area contributed by atoms with Crippen LogP contribution in [0.3, 0.4) is 0 Å². The van der Waals surface area contributed by atoms with Gasteiger partial charge >= 0.3 is 11.7 Å².